The molecule has 0 aliphatic rings. The predicted octanol–water partition coefficient (Wildman–Crippen LogP) is 4.25. The van der Waals surface area contributed by atoms with Gasteiger partial charge in [0.2, 0.25) is 0 Å². The van der Waals surface area contributed by atoms with Crippen LogP contribution in [-0.2, 0) is 0 Å². The predicted molar refractivity (Wildman–Crippen MR) is 82.7 cm³/mol. The Balaban J connectivity index is 2.23. The van der Waals surface area contributed by atoms with Gasteiger partial charge in [-0.3, -0.25) is 4.79 Å². The van der Waals surface area contributed by atoms with E-state index in [1.807, 2.05) is 13.0 Å². The van der Waals surface area contributed by atoms with Crippen LogP contribution in [0.5, 0.6) is 0 Å². The molecule has 0 radical (unpaired) electrons. The summed E-state index contributed by atoms with van der Waals surface area (Å²) in [7, 11) is 0. The van der Waals surface area contributed by atoms with Crippen LogP contribution in [0.25, 0.3) is 0 Å². The third-order valence-corrected chi connectivity index (χ3v) is 3.86. The monoisotopic (exact) mass is 338 g/mol. The van der Waals surface area contributed by atoms with Crippen molar-refractivity contribution in [2.45, 2.75) is 6.92 Å². The molecule has 0 spiro atoms. The lowest BCUT2D eigenvalue weighted by Gasteiger charge is -2.09. The third-order valence-electron chi connectivity index (χ3n) is 2.63. The largest absolute Gasteiger partial charge is 0.398 e. The van der Waals surface area contributed by atoms with Crippen LogP contribution in [0.15, 0.2) is 40.9 Å². The summed E-state index contributed by atoms with van der Waals surface area (Å²) < 4.78 is 0.780. The number of nitrogen functional groups attached to an aromatic ring is 1. The summed E-state index contributed by atoms with van der Waals surface area (Å²) in [5.74, 6) is -0.254. The molecule has 3 nitrogen and oxygen atoms in total. The number of anilines is 2. The average molecular weight is 340 g/mol. The average Bonchev–Trinajstić information content (AvgIpc) is 2.33. The van der Waals surface area contributed by atoms with E-state index < -0.39 is 0 Å². The summed E-state index contributed by atoms with van der Waals surface area (Å²) in [6.45, 7) is 1.92. The first-order valence-corrected chi connectivity index (χ1v) is 6.77. The minimum Gasteiger partial charge on any atom is -0.398 e. The van der Waals surface area contributed by atoms with Crippen molar-refractivity contribution in [1.29, 1.82) is 0 Å². The standard InChI is InChI=1S/C14H12BrClN2O/c1-8-2-4-10(13(17)6-8)14(19)18-9-3-5-11(15)12(16)7-9/h2-7H,17H2,1H3,(H,18,19). The van der Waals surface area contributed by atoms with Gasteiger partial charge in [0.1, 0.15) is 0 Å². The molecule has 0 aliphatic carbocycles. The van der Waals surface area contributed by atoms with Crippen molar-refractivity contribution in [3.8, 4) is 0 Å². The highest BCUT2D eigenvalue weighted by Crippen LogP contribution is 2.26. The molecular weight excluding hydrogens is 328 g/mol. The maximum Gasteiger partial charge on any atom is 0.257 e. The molecule has 0 aromatic heterocycles. The van der Waals surface area contributed by atoms with Crippen molar-refractivity contribution in [3.63, 3.8) is 0 Å². The molecule has 0 saturated carbocycles. The quantitative estimate of drug-likeness (QED) is 0.804. The Morgan fingerprint density at radius 3 is 2.63 bits per heavy atom. The van der Waals surface area contributed by atoms with Crippen LogP contribution in [0.2, 0.25) is 5.02 Å². The van der Waals surface area contributed by atoms with E-state index in [0.717, 1.165) is 10.0 Å². The second-order valence-electron chi connectivity index (χ2n) is 4.17. The second-order valence-corrected chi connectivity index (χ2v) is 5.44. The zero-order valence-electron chi connectivity index (χ0n) is 10.2. The summed E-state index contributed by atoms with van der Waals surface area (Å²) in [6, 6.07) is 10.5. The second kappa shape index (κ2) is 5.63. The lowest BCUT2D eigenvalue weighted by Crippen LogP contribution is -2.14. The summed E-state index contributed by atoms with van der Waals surface area (Å²) in [4.78, 5) is 12.1. The Morgan fingerprint density at radius 1 is 1.26 bits per heavy atom. The molecule has 1 amide bonds. The molecule has 2 aromatic carbocycles. The van der Waals surface area contributed by atoms with Crippen LogP contribution in [0.4, 0.5) is 11.4 Å². The fraction of sp³-hybridized carbons (Fsp3) is 0.0714. The fourth-order valence-electron chi connectivity index (χ4n) is 1.66. The van der Waals surface area contributed by atoms with Crippen molar-refractivity contribution >= 4 is 44.8 Å². The van der Waals surface area contributed by atoms with Gasteiger partial charge in [-0.2, -0.15) is 0 Å². The molecule has 0 unspecified atom stereocenters. The van der Waals surface area contributed by atoms with Crippen molar-refractivity contribution < 1.29 is 4.79 Å². The molecule has 98 valence electrons. The van der Waals surface area contributed by atoms with Crippen LogP contribution in [-0.4, -0.2) is 5.91 Å². The molecule has 2 rings (SSSR count). The molecule has 0 fully saturated rings. The van der Waals surface area contributed by atoms with Gasteiger partial charge in [-0.15, -0.1) is 0 Å². The number of nitrogens with two attached hydrogens (primary N) is 1. The fourth-order valence-corrected chi connectivity index (χ4v) is 2.09. The highest BCUT2D eigenvalue weighted by Gasteiger charge is 2.10. The molecule has 19 heavy (non-hydrogen) atoms. The van der Waals surface area contributed by atoms with E-state index in [-0.39, 0.29) is 5.91 Å². The van der Waals surface area contributed by atoms with Gasteiger partial charge in [-0.1, -0.05) is 17.7 Å². The van der Waals surface area contributed by atoms with E-state index >= 15 is 0 Å². The number of hydrogen-bond acceptors (Lipinski definition) is 2. The van der Waals surface area contributed by atoms with Crippen LogP contribution in [0.3, 0.4) is 0 Å². The lowest BCUT2D eigenvalue weighted by molar-refractivity contribution is 0.102. The van der Waals surface area contributed by atoms with Gasteiger partial charge in [0, 0.05) is 15.8 Å². The number of carbonyl (C=O) groups excluding carboxylic acids is 1. The lowest BCUT2D eigenvalue weighted by atomic mass is 10.1. The van der Waals surface area contributed by atoms with Crippen molar-refractivity contribution in [2.75, 3.05) is 11.1 Å². The molecule has 0 aliphatic heterocycles. The zero-order chi connectivity index (χ0) is 14.0. The number of rotatable bonds is 2. The number of hydrogen-bond donors (Lipinski definition) is 2. The first kappa shape index (κ1) is 13.9. The van der Waals surface area contributed by atoms with Gasteiger partial charge in [0.15, 0.2) is 0 Å². The smallest absolute Gasteiger partial charge is 0.257 e. The maximum absolute atomic E-state index is 12.1. The third kappa shape index (κ3) is 3.28. The van der Waals surface area contributed by atoms with Crippen LogP contribution < -0.4 is 11.1 Å². The first-order chi connectivity index (χ1) is 8.97. The van der Waals surface area contributed by atoms with Crippen molar-refractivity contribution in [2.24, 2.45) is 0 Å². The maximum atomic E-state index is 12.1. The van der Waals surface area contributed by atoms with Crippen molar-refractivity contribution in [3.05, 3.63) is 57.0 Å². The zero-order valence-corrected chi connectivity index (χ0v) is 12.5. The van der Waals surface area contributed by atoms with E-state index in [9.17, 15) is 4.79 Å². The molecule has 3 N–H and O–H groups in total. The Hall–Kier alpha value is -1.52. The topological polar surface area (TPSA) is 55.1 Å². The summed E-state index contributed by atoms with van der Waals surface area (Å²) >= 11 is 9.27. The Morgan fingerprint density at radius 2 is 2.00 bits per heavy atom. The minimum atomic E-state index is -0.254. The molecule has 0 atom stereocenters. The molecule has 2 aromatic rings. The Kier molecular flexibility index (Phi) is 4.12. The Bertz CT molecular complexity index is 643. The van der Waals surface area contributed by atoms with Crippen LogP contribution in [0.1, 0.15) is 15.9 Å². The number of aryl methyl sites for hydroxylation is 1. The number of carbonyl (C=O) groups is 1. The van der Waals surface area contributed by atoms with Gasteiger partial charge < -0.3 is 11.1 Å². The van der Waals surface area contributed by atoms with Crippen molar-refractivity contribution in [1.82, 2.24) is 0 Å². The summed E-state index contributed by atoms with van der Waals surface area (Å²) in [5, 5.41) is 3.30. The number of halogens is 2. The van der Waals surface area contributed by atoms with Gasteiger partial charge in [-0.05, 0) is 58.7 Å². The Labute approximate surface area is 124 Å². The van der Waals surface area contributed by atoms with E-state index in [0.29, 0.717) is 22.0 Å². The number of nitrogens with one attached hydrogen (secondary N) is 1. The van der Waals surface area contributed by atoms with E-state index in [4.69, 9.17) is 17.3 Å². The molecular formula is C14H12BrClN2O. The molecule has 5 heteroatoms. The SMILES string of the molecule is Cc1ccc(C(=O)Nc2ccc(Br)c(Cl)c2)c(N)c1. The number of benzene rings is 2. The van der Waals surface area contributed by atoms with E-state index in [2.05, 4.69) is 21.2 Å². The van der Waals surface area contributed by atoms with Crippen LogP contribution >= 0.6 is 27.5 Å². The van der Waals surface area contributed by atoms with Gasteiger partial charge >= 0.3 is 0 Å². The number of amides is 1. The molecule has 0 bridgehead atoms. The van der Waals surface area contributed by atoms with E-state index in [1.54, 1.807) is 30.3 Å². The summed E-state index contributed by atoms with van der Waals surface area (Å²) in [5.41, 5.74) is 8.38. The van der Waals surface area contributed by atoms with Gasteiger partial charge in [0.05, 0.1) is 10.6 Å². The highest BCUT2D eigenvalue weighted by atomic mass is 79.9. The van der Waals surface area contributed by atoms with Gasteiger partial charge in [0.25, 0.3) is 5.91 Å². The van der Waals surface area contributed by atoms with E-state index in [1.165, 1.54) is 0 Å². The van der Waals surface area contributed by atoms with Crippen LogP contribution in [0, 0.1) is 6.92 Å². The molecule has 0 saturated heterocycles. The minimum absolute atomic E-state index is 0.254. The highest BCUT2D eigenvalue weighted by molar-refractivity contribution is 9.10. The first-order valence-electron chi connectivity index (χ1n) is 5.60. The summed E-state index contributed by atoms with van der Waals surface area (Å²) in [6.07, 6.45) is 0. The van der Waals surface area contributed by atoms with Gasteiger partial charge in [-0.25, -0.2) is 0 Å². The molecule has 0 heterocycles. The normalized spacial score (nSPS) is 10.3.